The molecule has 0 spiro atoms. The Morgan fingerprint density at radius 2 is 2.05 bits per heavy atom. The number of nitrogens with one attached hydrogen (secondary N) is 2. The van der Waals surface area contributed by atoms with Crippen molar-refractivity contribution in [1.29, 1.82) is 0 Å². The molecule has 0 fully saturated rings. The number of aryl methyl sites for hydroxylation is 1. The second kappa shape index (κ2) is 5.87. The quantitative estimate of drug-likeness (QED) is 0.872. The first-order chi connectivity index (χ1) is 9.06. The molecule has 2 N–H and O–H groups in total. The van der Waals surface area contributed by atoms with Crippen LogP contribution in [-0.2, 0) is 16.0 Å². The minimum Gasteiger partial charge on any atom is -0.356 e. The molecule has 4 heteroatoms. The van der Waals surface area contributed by atoms with Gasteiger partial charge in [0.05, 0.1) is 0 Å². The zero-order valence-electron chi connectivity index (χ0n) is 11.5. The topological polar surface area (TPSA) is 58.2 Å². The largest absolute Gasteiger partial charge is 0.356 e. The molecule has 1 aromatic rings. The lowest BCUT2D eigenvalue weighted by molar-refractivity contribution is -0.119. The smallest absolute Gasteiger partial charge is 0.221 e. The van der Waals surface area contributed by atoms with Crippen LogP contribution in [0.25, 0.3) is 0 Å². The fourth-order valence-corrected chi connectivity index (χ4v) is 2.69. The van der Waals surface area contributed by atoms with Crippen LogP contribution in [0, 0.1) is 0 Å². The van der Waals surface area contributed by atoms with Gasteiger partial charge in [0.1, 0.15) is 0 Å². The van der Waals surface area contributed by atoms with Crippen LogP contribution in [0.2, 0.25) is 0 Å². The number of amides is 2. The van der Waals surface area contributed by atoms with E-state index in [1.54, 1.807) is 0 Å². The molecule has 4 nitrogen and oxygen atoms in total. The normalized spacial score (nSPS) is 16.8. The summed E-state index contributed by atoms with van der Waals surface area (Å²) >= 11 is 0. The summed E-state index contributed by atoms with van der Waals surface area (Å²) in [4.78, 5) is 22.0. The molecule has 2 amide bonds. The van der Waals surface area contributed by atoms with E-state index in [4.69, 9.17) is 0 Å². The van der Waals surface area contributed by atoms with Crippen LogP contribution in [-0.4, -0.2) is 18.4 Å². The Labute approximate surface area is 113 Å². The lowest BCUT2D eigenvalue weighted by Gasteiger charge is -2.13. The molecule has 1 aliphatic rings. The molecule has 19 heavy (non-hydrogen) atoms. The number of rotatable bonds is 4. The highest BCUT2D eigenvalue weighted by atomic mass is 16.2. The Kier molecular flexibility index (Phi) is 4.20. The van der Waals surface area contributed by atoms with E-state index in [1.165, 1.54) is 25.0 Å². The zero-order chi connectivity index (χ0) is 13.8. The van der Waals surface area contributed by atoms with Crippen LogP contribution in [0.4, 0.5) is 5.69 Å². The van der Waals surface area contributed by atoms with Crippen LogP contribution in [0.3, 0.4) is 0 Å². The van der Waals surface area contributed by atoms with Gasteiger partial charge >= 0.3 is 0 Å². The fraction of sp³-hybridized carbons (Fsp3) is 0.467. The molecule has 102 valence electrons. The van der Waals surface area contributed by atoms with Crippen LogP contribution in [0.1, 0.15) is 43.7 Å². The highest BCUT2D eigenvalue weighted by molar-refractivity contribution is 5.88. The Balaban J connectivity index is 2.04. The predicted octanol–water partition coefficient (Wildman–Crippen LogP) is 2.20. The standard InChI is InChI=1S/C15H20N2O2/c1-10(18)16-8-7-13-4-3-12-5-6-14(9-15(12)13)17-11(2)19/h5-6,9,13H,3-4,7-8H2,1-2H3,(H,16,18)(H,17,19)/t13-/m1/s1. The maximum atomic E-state index is 11.1. The second-order valence-corrected chi connectivity index (χ2v) is 5.10. The SMILES string of the molecule is CC(=O)NCC[C@H]1CCc2ccc(NC(C)=O)cc21. The summed E-state index contributed by atoms with van der Waals surface area (Å²) in [5.74, 6) is 0.452. The monoisotopic (exact) mass is 260 g/mol. The van der Waals surface area contributed by atoms with Crippen molar-refractivity contribution in [2.24, 2.45) is 0 Å². The Morgan fingerprint density at radius 3 is 2.74 bits per heavy atom. The van der Waals surface area contributed by atoms with Gasteiger partial charge in [-0.1, -0.05) is 6.07 Å². The van der Waals surface area contributed by atoms with Crippen molar-refractivity contribution >= 4 is 17.5 Å². The van der Waals surface area contributed by atoms with Crippen molar-refractivity contribution in [3.05, 3.63) is 29.3 Å². The molecule has 0 bridgehead atoms. The van der Waals surface area contributed by atoms with Crippen molar-refractivity contribution in [3.63, 3.8) is 0 Å². The van der Waals surface area contributed by atoms with Crippen molar-refractivity contribution < 1.29 is 9.59 Å². The molecule has 2 rings (SSSR count). The molecule has 0 saturated heterocycles. The summed E-state index contributed by atoms with van der Waals surface area (Å²) in [6.07, 6.45) is 3.16. The maximum Gasteiger partial charge on any atom is 0.221 e. The minimum atomic E-state index is -0.0484. The molecule has 1 aromatic carbocycles. The van der Waals surface area contributed by atoms with E-state index in [2.05, 4.69) is 22.8 Å². The molecule has 0 aliphatic heterocycles. The first kappa shape index (κ1) is 13.6. The summed E-state index contributed by atoms with van der Waals surface area (Å²) in [6, 6.07) is 6.12. The van der Waals surface area contributed by atoms with E-state index in [-0.39, 0.29) is 11.8 Å². The Hall–Kier alpha value is -1.84. The van der Waals surface area contributed by atoms with Gasteiger partial charge in [0.25, 0.3) is 0 Å². The van der Waals surface area contributed by atoms with Crippen molar-refractivity contribution in [3.8, 4) is 0 Å². The third-order valence-electron chi connectivity index (χ3n) is 3.53. The molecule has 0 heterocycles. The van der Waals surface area contributed by atoms with Crippen molar-refractivity contribution in [2.75, 3.05) is 11.9 Å². The number of carbonyl (C=O) groups excluding carboxylic acids is 2. The number of hydrogen-bond acceptors (Lipinski definition) is 2. The van der Waals surface area contributed by atoms with Gasteiger partial charge in [0.15, 0.2) is 0 Å². The van der Waals surface area contributed by atoms with E-state index in [0.29, 0.717) is 12.5 Å². The summed E-state index contributed by atoms with van der Waals surface area (Å²) in [5, 5.41) is 5.66. The van der Waals surface area contributed by atoms with Crippen LogP contribution in [0.5, 0.6) is 0 Å². The van der Waals surface area contributed by atoms with E-state index < -0.39 is 0 Å². The highest BCUT2D eigenvalue weighted by Crippen LogP contribution is 2.36. The fourth-order valence-electron chi connectivity index (χ4n) is 2.69. The number of hydrogen-bond donors (Lipinski definition) is 2. The van der Waals surface area contributed by atoms with Gasteiger partial charge in [-0.15, -0.1) is 0 Å². The summed E-state index contributed by atoms with van der Waals surface area (Å²) < 4.78 is 0. The second-order valence-electron chi connectivity index (χ2n) is 5.10. The zero-order valence-corrected chi connectivity index (χ0v) is 11.5. The maximum absolute atomic E-state index is 11.1. The van der Waals surface area contributed by atoms with Gasteiger partial charge < -0.3 is 10.6 Å². The van der Waals surface area contributed by atoms with Crippen molar-refractivity contribution in [1.82, 2.24) is 5.32 Å². The number of fused-ring (bicyclic) bond motifs is 1. The molecule has 0 unspecified atom stereocenters. The molecule has 1 aliphatic carbocycles. The third kappa shape index (κ3) is 3.56. The lowest BCUT2D eigenvalue weighted by Crippen LogP contribution is -2.22. The average Bonchev–Trinajstić information content (AvgIpc) is 2.71. The van der Waals surface area contributed by atoms with Gasteiger partial charge in [-0.3, -0.25) is 9.59 Å². The van der Waals surface area contributed by atoms with Gasteiger partial charge in [-0.05, 0) is 48.4 Å². The van der Waals surface area contributed by atoms with Gasteiger partial charge in [0.2, 0.25) is 11.8 Å². The first-order valence-corrected chi connectivity index (χ1v) is 6.71. The number of anilines is 1. The molecule has 0 aromatic heterocycles. The van der Waals surface area contributed by atoms with E-state index in [9.17, 15) is 9.59 Å². The van der Waals surface area contributed by atoms with E-state index in [0.717, 1.165) is 24.9 Å². The Bertz CT molecular complexity index is 497. The van der Waals surface area contributed by atoms with Crippen molar-refractivity contribution in [2.45, 2.75) is 39.0 Å². The average molecular weight is 260 g/mol. The minimum absolute atomic E-state index is 0.0187. The summed E-state index contributed by atoms with van der Waals surface area (Å²) in [6.45, 7) is 3.77. The van der Waals surface area contributed by atoms with Gasteiger partial charge in [-0.25, -0.2) is 0 Å². The molecule has 0 radical (unpaired) electrons. The number of benzene rings is 1. The summed E-state index contributed by atoms with van der Waals surface area (Å²) in [7, 11) is 0. The lowest BCUT2D eigenvalue weighted by atomic mass is 9.97. The third-order valence-corrected chi connectivity index (χ3v) is 3.53. The van der Waals surface area contributed by atoms with Crippen LogP contribution >= 0.6 is 0 Å². The van der Waals surface area contributed by atoms with Crippen LogP contribution in [0.15, 0.2) is 18.2 Å². The number of carbonyl (C=O) groups is 2. The van der Waals surface area contributed by atoms with Gasteiger partial charge in [-0.2, -0.15) is 0 Å². The van der Waals surface area contributed by atoms with Gasteiger partial charge in [0, 0.05) is 26.1 Å². The highest BCUT2D eigenvalue weighted by Gasteiger charge is 2.22. The Morgan fingerprint density at radius 1 is 1.26 bits per heavy atom. The van der Waals surface area contributed by atoms with E-state index in [1.807, 2.05) is 6.07 Å². The molecular formula is C15H20N2O2. The molecule has 1 atom stereocenters. The van der Waals surface area contributed by atoms with Crippen LogP contribution < -0.4 is 10.6 Å². The van der Waals surface area contributed by atoms with E-state index >= 15 is 0 Å². The predicted molar refractivity (Wildman–Crippen MR) is 75.1 cm³/mol. The molecular weight excluding hydrogens is 240 g/mol. The molecule has 0 saturated carbocycles. The first-order valence-electron chi connectivity index (χ1n) is 6.71. The summed E-state index contributed by atoms with van der Waals surface area (Å²) in [5.41, 5.74) is 3.54.